The van der Waals surface area contributed by atoms with E-state index in [4.69, 9.17) is 0 Å². The first-order chi connectivity index (χ1) is 5.88. The molecule has 1 N–H and O–H groups in total. The molecule has 0 saturated carbocycles. The molecule has 1 rings (SSSR count). The predicted octanol–water partition coefficient (Wildman–Crippen LogP) is 1.68. The Bertz CT molecular complexity index is 222. The number of imidazole rings is 1. The summed E-state index contributed by atoms with van der Waals surface area (Å²) >= 11 is 1.88. The van der Waals surface area contributed by atoms with Gasteiger partial charge in [0.1, 0.15) is 0 Å². The van der Waals surface area contributed by atoms with E-state index in [-0.39, 0.29) is 0 Å². The molecule has 1 aromatic rings. The van der Waals surface area contributed by atoms with E-state index < -0.39 is 0 Å². The second kappa shape index (κ2) is 5.09. The summed E-state index contributed by atoms with van der Waals surface area (Å²) in [5.41, 5.74) is 0. The van der Waals surface area contributed by atoms with Crippen LogP contribution in [0.3, 0.4) is 0 Å². The number of hydrogen-bond donors (Lipinski definition) is 1. The van der Waals surface area contributed by atoms with Gasteiger partial charge in [-0.15, -0.1) is 0 Å². The minimum atomic E-state index is 0.955. The number of aryl methyl sites for hydroxylation is 1. The van der Waals surface area contributed by atoms with Crippen LogP contribution in [-0.2, 0) is 6.54 Å². The SMILES string of the molecule is CNc1nccn1CCCSC. The van der Waals surface area contributed by atoms with E-state index in [2.05, 4.69) is 21.1 Å². The Balaban J connectivity index is 2.39. The van der Waals surface area contributed by atoms with E-state index in [0.29, 0.717) is 0 Å². The second-order valence-corrected chi connectivity index (χ2v) is 3.53. The Morgan fingerprint density at radius 1 is 1.67 bits per heavy atom. The molecule has 3 nitrogen and oxygen atoms in total. The van der Waals surface area contributed by atoms with Crippen LogP contribution in [0.25, 0.3) is 0 Å². The van der Waals surface area contributed by atoms with Crippen molar-refractivity contribution in [3.8, 4) is 0 Å². The number of nitrogens with one attached hydrogen (secondary N) is 1. The number of aromatic nitrogens is 2. The summed E-state index contributed by atoms with van der Waals surface area (Å²) in [6.07, 6.45) is 7.16. The molecule has 0 bridgehead atoms. The lowest BCUT2D eigenvalue weighted by Crippen LogP contribution is -2.03. The van der Waals surface area contributed by atoms with Crippen molar-refractivity contribution in [1.82, 2.24) is 9.55 Å². The summed E-state index contributed by atoms with van der Waals surface area (Å²) in [5, 5.41) is 3.05. The highest BCUT2D eigenvalue weighted by Gasteiger charge is 1.97. The quantitative estimate of drug-likeness (QED) is 0.708. The summed E-state index contributed by atoms with van der Waals surface area (Å²) in [6.45, 7) is 1.05. The Morgan fingerprint density at radius 3 is 3.17 bits per heavy atom. The molecule has 0 spiro atoms. The molecule has 0 amide bonds. The lowest BCUT2D eigenvalue weighted by molar-refractivity contribution is 0.690. The average Bonchev–Trinajstić information content (AvgIpc) is 2.52. The second-order valence-electron chi connectivity index (χ2n) is 2.54. The lowest BCUT2D eigenvalue weighted by atomic mass is 10.5. The van der Waals surface area contributed by atoms with Crippen molar-refractivity contribution in [2.45, 2.75) is 13.0 Å². The topological polar surface area (TPSA) is 29.9 Å². The van der Waals surface area contributed by atoms with Crippen LogP contribution in [0.1, 0.15) is 6.42 Å². The lowest BCUT2D eigenvalue weighted by Gasteiger charge is -2.05. The Labute approximate surface area is 77.6 Å². The van der Waals surface area contributed by atoms with E-state index in [1.807, 2.05) is 31.2 Å². The summed E-state index contributed by atoms with van der Waals surface area (Å²) in [6, 6.07) is 0. The monoisotopic (exact) mass is 185 g/mol. The fraction of sp³-hybridized carbons (Fsp3) is 0.625. The average molecular weight is 185 g/mol. The number of nitrogens with zero attached hydrogens (tertiary/aromatic N) is 2. The maximum atomic E-state index is 4.16. The van der Waals surface area contributed by atoms with Gasteiger partial charge in [0.05, 0.1) is 0 Å². The maximum Gasteiger partial charge on any atom is 0.202 e. The molecule has 0 aliphatic heterocycles. The van der Waals surface area contributed by atoms with E-state index in [0.717, 1.165) is 12.5 Å². The first-order valence-corrected chi connectivity index (χ1v) is 5.45. The zero-order chi connectivity index (χ0) is 8.81. The van der Waals surface area contributed by atoms with E-state index in [9.17, 15) is 0 Å². The van der Waals surface area contributed by atoms with Gasteiger partial charge in [0, 0.05) is 26.0 Å². The molecule has 68 valence electrons. The van der Waals surface area contributed by atoms with Gasteiger partial charge in [-0.05, 0) is 18.4 Å². The van der Waals surface area contributed by atoms with Gasteiger partial charge >= 0.3 is 0 Å². The summed E-state index contributed by atoms with van der Waals surface area (Å²) in [5.74, 6) is 2.16. The van der Waals surface area contributed by atoms with Crippen molar-refractivity contribution in [2.24, 2.45) is 0 Å². The minimum Gasteiger partial charge on any atom is -0.359 e. The van der Waals surface area contributed by atoms with Gasteiger partial charge < -0.3 is 9.88 Å². The van der Waals surface area contributed by atoms with Gasteiger partial charge in [-0.3, -0.25) is 0 Å². The van der Waals surface area contributed by atoms with Gasteiger partial charge in [0.25, 0.3) is 0 Å². The largest absolute Gasteiger partial charge is 0.359 e. The Hall–Kier alpha value is -0.640. The fourth-order valence-electron chi connectivity index (χ4n) is 1.10. The number of thioether (sulfide) groups is 1. The molecule has 0 atom stereocenters. The molecule has 0 saturated heterocycles. The van der Waals surface area contributed by atoms with Crippen molar-refractivity contribution < 1.29 is 0 Å². The van der Waals surface area contributed by atoms with Crippen LogP contribution < -0.4 is 5.32 Å². The van der Waals surface area contributed by atoms with Crippen LogP contribution in [-0.4, -0.2) is 28.6 Å². The zero-order valence-corrected chi connectivity index (χ0v) is 8.40. The zero-order valence-electron chi connectivity index (χ0n) is 7.58. The smallest absolute Gasteiger partial charge is 0.202 e. The van der Waals surface area contributed by atoms with Crippen LogP contribution in [0.4, 0.5) is 5.95 Å². The van der Waals surface area contributed by atoms with Gasteiger partial charge in [-0.25, -0.2) is 4.98 Å². The summed E-state index contributed by atoms with van der Waals surface area (Å²) in [4.78, 5) is 4.16. The van der Waals surface area contributed by atoms with Crippen LogP contribution >= 0.6 is 11.8 Å². The number of rotatable bonds is 5. The third-order valence-corrected chi connectivity index (χ3v) is 2.38. The first-order valence-electron chi connectivity index (χ1n) is 4.06. The highest BCUT2D eigenvalue weighted by Crippen LogP contribution is 2.05. The molecule has 0 fully saturated rings. The highest BCUT2D eigenvalue weighted by molar-refractivity contribution is 7.98. The first kappa shape index (κ1) is 9.45. The van der Waals surface area contributed by atoms with E-state index in [1.165, 1.54) is 12.2 Å². The Kier molecular flexibility index (Phi) is 4.00. The third kappa shape index (κ3) is 2.44. The van der Waals surface area contributed by atoms with Crippen LogP contribution in [0, 0.1) is 0 Å². The number of anilines is 1. The molecule has 4 heteroatoms. The standard InChI is InChI=1S/C8H15N3S/c1-9-8-10-4-6-11(8)5-3-7-12-2/h4,6H,3,5,7H2,1-2H3,(H,9,10). The molecule has 1 heterocycles. The number of hydrogen-bond acceptors (Lipinski definition) is 3. The van der Waals surface area contributed by atoms with Crippen LogP contribution in [0.15, 0.2) is 12.4 Å². The van der Waals surface area contributed by atoms with Crippen LogP contribution in [0.5, 0.6) is 0 Å². The molecule has 0 aliphatic rings. The van der Waals surface area contributed by atoms with Crippen molar-refractivity contribution >= 4 is 17.7 Å². The van der Waals surface area contributed by atoms with E-state index in [1.54, 1.807) is 0 Å². The molecular formula is C8H15N3S. The van der Waals surface area contributed by atoms with Gasteiger partial charge in [0.15, 0.2) is 0 Å². The van der Waals surface area contributed by atoms with Gasteiger partial charge in [0.2, 0.25) is 5.95 Å². The predicted molar refractivity (Wildman–Crippen MR) is 54.8 cm³/mol. The molecule has 12 heavy (non-hydrogen) atoms. The molecule has 0 unspecified atom stereocenters. The van der Waals surface area contributed by atoms with Crippen molar-refractivity contribution in [3.05, 3.63) is 12.4 Å². The molecule has 0 radical (unpaired) electrons. The third-order valence-electron chi connectivity index (χ3n) is 1.69. The fourth-order valence-corrected chi connectivity index (χ4v) is 1.51. The summed E-state index contributed by atoms with van der Waals surface area (Å²) in [7, 11) is 1.90. The maximum absolute atomic E-state index is 4.16. The molecule has 1 aromatic heterocycles. The molecule has 0 aromatic carbocycles. The summed E-state index contributed by atoms with van der Waals surface area (Å²) < 4.78 is 2.14. The Morgan fingerprint density at radius 2 is 2.50 bits per heavy atom. The molecule has 0 aliphatic carbocycles. The highest BCUT2D eigenvalue weighted by atomic mass is 32.2. The van der Waals surface area contributed by atoms with Gasteiger partial charge in [-0.1, -0.05) is 0 Å². The normalized spacial score (nSPS) is 10.2. The van der Waals surface area contributed by atoms with Crippen molar-refractivity contribution in [1.29, 1.82) is 0 Å². The molecular weight excluding hydrogens is 170 g/mol. The van der Waals surface area contributed by atoms with E-state index >= 15 is 0 Å². The minimum absolute atomic E-state index is 0.955. The van der Waals surface area contributed by atoms with Crippen molar-refractivity contribution in [3.63, 3.8) is 0 Å². The van der Waals surface area contributed by atoms with Crippen LogP contribution in [0.2, 0.25) is 0 Å². The van der Waals surface area contributed by atoms with Crippen molar-refractivity contribution in [2.75, 3.05) is 24.4 Å². The van der Waals surface area contributed by atoms with Gasteiger partial charge in [-0.2, -0.15) is 11.8 Å².